The molecule has 1 aromatic rings. The normalized spacial score (nSPS) is 15.6. The zero-order valence-electron chi connectivity index (χ0n) is 15.5. The van der Waals surface area contributed by atoms with Crippen LogP contribution in [-0.2, 0) is 4.79 Å². The lowest BCUT2D eigenvalue weighted by Crippen LogP contribution is -2.51. The van der Waals surface area contributed by atoms with Crippen molar-refractivity contribution in [1.82, 2.24) is 15.1 Å². The van der Waals surface area contributed by atoms with E-state index in [1.165, 1.54) is 11.3 Å². The van der Waals surface area contributed by atoms with E-state index in [2.05, 4.69) is 24.1 Å². The number of hydrogen-bond acceptors (Lipinski definition) is 4. The van der Waals surface area contributed by atoms with Crippen LogP contribution in [-0.4, -0.2) is 60.9 Å². The molecule has 1 N–H and O–H groups in total. The predicted molar refractivity (Wildman–Crippen MR) is 103 cm³/mol. The standard InChI is InChI=1S/C19H31N3O2S/c1-3-5-16(6-4-2)19(24)22-12-10-21(11-13-22)9-8-20-18(23)17-7-14-25-15-17/h7,14-16H,3-6,8-13H2,1-2H3,(H,20,23). The lowest BCUT2D eigenvalue weighted by Gasteiger charge is -2.36. The first-order chi connectivity index (χ1) is 12.2. The van der Waals surface area contributed by atoms with E-state index in [0.717, 1.165) is 64.0 Å². The average Bonchev–Trinajstić information content (AvgIpc) is 3.16. The van der Waals surface area contributed by atoms with Gasteiger partial charge in [0, 0.05) is 56.1 Å². The SMILES string of the molecule is CCCC(CCC)C(=O)N1CCN(CCNC(=O)c2ccsc2)CC1. The molecule has 0 radical (unpaired) electrons. The number of rotatable bonds is 9. The number of carbonyl (C=O) groups excluding carboxylic acids is 2. The van der Waals surface area contributed by atoms with Crippen LogP contribution in [0.2, 0.25) is 0 Å². The molecular weight excluding hydrogens is 334 g/mol. The number of nitrogens with zero attached hydrogens (tertiary/aromatic N) is 2. The topological polar surface area (TPSA) is 52.7 Å². The number of hydrogen-bond donors (Lipinski definition) is 1. The monoisotopic (exact) mass is 365 g/mol. The first kappa shape index (κ1) is 19.9. The minimum absolute atomic E-state index is 0.00274. The molecule has 1 aromatic heterocycles. The summed E-state index contributed by atoms with van der Waals surface area (Å²) in [5, 5.41) is 6.74. The average molecular weight is 366 g/mol. The first-order valence-electron chi connectivity index (χ1n) is 9.47. The van der Waals surface area contributed by atoms with Crippen molar-refractivity contribution in [1.29, 1.82) is 0 Å². The van der Waals surface area contributed by atoms with Gasteiger partial charge in [0.2, 0.25) is 5.91 Å². The van der Waals surface area contributed by atoms with Crippen molar-refractivity contribution < 1.29 is 9.59 Å². The summed E-state index contributed by atoms with van der Waals surface area (Å²) in [5.74, 6) is 0.539. The van der Waals surface area contributed by atoms with E-state index in [1.807, 2.05) is 21.7 Å². The highest BCUT2D eigenvalue weighted by atomic mass is 32.1. The quantitative estimate of drug-likeness (QED) is 0.732. The fourth-order valence-corrected chi connectivity index (χ4v) is 4.00. The van der Waals surface area contributed by atoms with Gasteiger partial charge in [0.1, 0.15) is 0 Å². The number of thiophene rings is 1. The number of amides is 2. The van der Waals surface area contributed by atoms with E-state index in [0.29, 0.717) is 12.5 Å². The van der Waals surface area contributed by atoms with Crippen LogP contribution in [0.25, 0.3) is 0 Å². The maximum atomic E-state index is 12.7. The van der Waals surface area contributed by atoms with Gasteiger partial charge in [-0.25, -0.2) is 0 Å². The molecule has 1 saturated heterocycles. The van der Waals surface area contributed by atoms with Crippen LogP contribution in [0, 0.1) is 5.92 Å². The summed E-state index contributed by atoms with van der Waals surface area (Å²) in [6.45, 7) is 9.19. The molecule has 1 aliphatic rings. The predicted octanol–water partition coefficient (Wildman–Crippen LogP) is 2.84. The second-order valence-electron chi connectivity index (χ2n) is 6.71. The van der Waals surface area contributed by atoms with Gasteiger partial charge in [0.15, 0.2) is 0 Å². The Morgan fingerprint density at radius 3 is 2.40 bits per heavy atom. The highest BCUT2D eigenvalue weighted by Crippen LogP contribution is 2.18. The van der Waals surface area contributed by atoms with Crippen molar-refractivity contribution in [2.45, 2.75) is 39.5 Å². The lowest BCUT2D eigenvalue weighted by molar-refractivity contribution is -0.137. The molecule has 1 aliphatic heterocycles. The van der Waals surface area contributed by atoms with Crippen molar-refractivity contribution in [3.8, 4) is 0 Å². The van der Waals surface area contributed by atoms with E-state index in [-0.39, 0.29) is 11.8 Å². The van der Waals surface area contributed by atoms with Crippen molar-refractivity contribution in [2.24, 2.45) is 5.92 Å². The molecular formula is C19H31N3O2S. The van der Waals surface area contributed by atoms with Gasteiger partial charge >= 0.3 is 0 Å². The van der Waals surface area contributed by atoms with Gasteiger partial charge in [0.05, 0.1) is 0 Å². The van der Waals surface area contributed by atoms with Crippen LogP contribution in [0.5, 0.6) is 0 Å². The van der Waals surface area contributed by atoms with E-state index >= 15 is 0 Å². The molecule has 0 aromatic carbocycles. The molecule has 25 heavy (non-hydrogen) atoms. The molecule has 0 atom stereocenters. The Morgan fingerprint density at radius 1 is 1.16 bits per heavy atom. The molecule has 2 rings (SSSR count). The maximum Gasteiger partial charge on any atom is 0.252 e. The molecule has 140 valence electrons. The highest BCUT2D eigenvalue weighted by Gasteiger charge is 2.26. The lowest BCUT2D eigenvalue weighted by atomic mass is 9.96. The highest BCUT2D eigenvalue weighted by molar-refractivity contribution is 7.08. The summed E-state index contributed by atoms with van der Waals surface area (Å²) in [5.41, 5.74) is 0.735. The second-order valence-corrected chi connectivity index (χ2v) is 7.49. The third kappa shape index (κ3) is 6.12. The minimum Gasteiger partial charge on any atom is -0.351 e. The Morgan fingerprint density at radius 2 is 1.84 bits per heavy atom. The number of carbonyl (C=O) groups is 2. The second kappa shape index (κ2) is 10.6. The van der Waals surface area contributed by atoms with Crippen LogP contribution in [0.4, 0.5) is 0 Å². The molecule has 2 heterocycles. The van der Waals surface area contributed by atoms with E-state index in [1.54, 1.807) is 0 Å². The van der Waals surface area contributed by atoms with Crippen LogP contribution < -0.4 is 5.32 Å². The fraction of sp³-hybridized carbons (Fsp3) is 0.684. The summed E-state index contributed by atoms with van der Waals surface area (Å²) in [4.78, 5) is 28.9. The summed E-state index contributed by atoms with van der Waals surface area (Å²) >= 11 is 1.53. The Balaban J connectivity index is 1.68. The zero-order chi connectivity index (χ0) is 18.1. The van der Waals surface area contributed by atoms with Crippen molar-refractivity contribution >= 4 is 23.2 Å². The van der Waals surface area contributed by atoms with Crippen LogP contribution in [0.3, 0.4) is 0 Å². The number of nitrogens with one attached hydrogen (secondary N) is 1. The summed E-state index contributed by atoms with van der Waals surface area (Å²) in [7, 11) is 0. The van der Waals surface area contributed by atoms with Crippen LogP contribution in [0.15, 0.2) is 16.8 Å². The minimum atomic E-state index is -0.00274. The third-order valence-corrected chi connectivity index (χ3v) is 5.49. The Kier molecular flexibility index (Phi) is 8.41. The van der Waals surface area contributed by atoms with Crippen LogP contribution >= 0.6 is 11.3 Å². The molecule has 2 amide bonds. The van der Waals surface area contributed by atoms with E-state index in [4.69, 9.17) is 0 Å². The molecule has 0 saturated carbocycles. The Hall–Kier alpha value is -1.40. The summed E-state index contributed by atoms with van der Waals surface area (Å²) in [6.07, 6.45) is 4.14. The van der Waals surface area contributed by atoms with Crippen LogP contribution in [0.1, 0.15) is 49.9 Å². The molecule has 1 fully saturated rings. The van der Waals surface area contributed by atoms with E-state index in [9.17, 15) is 9.59 Å². The van der Waals surface area contributed by atoms with Gasteiger partial charge in [-0.15, -0.1) is 0 Å². The van der Waals surface area contributed by atoms with Crippen molar-refractivity contribution in [3.05, 3.63) is 22.4 Å². The molecule has 6 heteroatoms. The first-order valence-corrected chi connectivity index (χ1v) is 10.4. The zero-order valence-corrected chi connectivity index (χ0v) is 16.3. The fourth-order valence-electron chi connectivity index (χ4n) is 3.36. The molecule has 0 spiro atoms. The van der Waals surface area contributed by atoms with Gasteiger partial charge in [-0.2, -0.15) is 11.3 Å². The van der Waals surface area contributed by atoms with Gasteiger partial charge in [-0.3, -0.25) is 14.5 Å². The van der Waals surface area contributed by atoms with Crippen molar-refractivity contribution in [3.63, 3.8) is 0 Å². The molecule has 0 unspecified atom stereocenters. The maximum absolute atomic E-state index is 12.7. The number of piperazine rings is 1. The third-order valence-electron chi connectivity index (χ3n) is 4.80. The smallest absolute Gasteiger partial charge is 0.252 e. The molecule has 0 aliphatic carbocycles. The van der Waals surface area contributed by atoms with Gasteiger partial charge in [0.25, 0.3) is 5.91 Å². The Labute approximate surface area is 155 Å². The van der Waals surface area contributed by atoms with Crippen molar-refractivity contribution in [2.75, 3.05) is 39.3 Å². The molecule has 5 nitrogen and oxygen atoms in total. The molecule has 0 bridgehead atoms. The summed E-state index contributed by atoms with van der Waals surface area (Å²) < 4.78 is 0. The van der Waals surface area contributed by atoms with Gasteiger partial charge in [-0.05, 0) is 24.3 Å². The summed E-state index contributed by atoms with van der Waals surface area (Å²) in [6, 6.07) is 1.84. The van der Waals surface area contributed by atoms with E-state index < -0.39 is 0 Å². The largest absolute Gasteiger partial charge is 0.351 e. The van der Waals surface area contributed by atoms with Gasteiger partial charge in [-0.1, -0.05) is 26.7 Å². The Bertz CT molecular complexity index is 519. The van der Waals surface area contributed by atoms with Gasteiger partial charge < -0.3 is 10.2 Å².